The minimum Gasteiger partial charge on any atom is -0.379 e. The number of anilines is 1. The van der Waals surface area contributed by atoms with E-state index in [1.54, 1.807) is 0 Å². The summed E-state index contributed by atoms with van der Waals surface area (Å²) < 4.78 is 5.56. The molecule has 1 aliphatic carbocycles. The number of carbonyl (C=O) groups excluding carboxylic acids is 1. The number of nitrogens with zero attached hydrogens (tertiary/aromatic N) is 3. The highest BCUT2D eigenvalue weighted by Crippen LogP contribution is 2.47. The van der Waals surface area contributed by atoms with Gasteiger partial charge >= 0.3 is 0 Å². The molecule has 0 bridgehead atoms. The standard InChI is InChI=1S/C25H41N5O2/c1-3-29-12-8-21-17-22(30-13-15-32-16-14-30)7-9-25(21,19-29)24(31)27-11-4-10-26-23-6-5-20(2)18-28-23/h5-6,18,21-22H,3-4,7-17,19H2,1-2H3,(H,26,28)(H,27,31)/t21-,22+,25-/m1/s1. The van der Waals surface area contributed by atoms with Crippen LogP contribution in [0.25, 0.3) is 0 Å². The van der Waals surface area contributed by atoms with Crippen LogP contribution in [0.15, 0.2) is 18.3 Å². The summed E-state index contributed by atoms with van der Waals surface area (Å²) in [5.74, 6) is 1.67. The van der Waals surface area contributed by atoms with Crippen molar-refractivity contribution in [1.82, 2.24) is 20.1 Å². The molecule has 3 heterocycles. The second-order valence-electron chi connectivity index (χ2n) is 9.84. The molecule has 32 heavy (non-hydrogen) atoms. The van der Waals surface area contributed by atoms with Crippen molar-refractivity contribution in [1.29, 1.82) is 0 Å². The number of pyridine rings is 1. The molecule has 2 aliphatic heterocycles. The Bertz CT molecular complexity index is 736. The molecule has 178 valence electrons. The molecule has 0 radical (unpaired) electrons. The number of likely N-dealkylation sites (tertiary alicyclic amines) is 1. The van der Waals surface area contributed by atoms with Gasteiger partial charge in [0.15, 0.2) is 0 Å². The fourth-order valence-electron chi connectivity index (χ4n) is 5.89. The number of nitrogens with one attached hydrogen (secondary N) is 2. The molecule has 0 spiro atoms. The van der Waals surface area contributed by atoms with Crippen LogP contribution < -0.4 is 10.6 Å². The molecule has 1 saturated carbocycles. The van der Waals surface area contributed by atoms with Crippen molar-refractivity contribution in [2.24, 2.45) is 11.3 Å². The molecular weight excluding hydrogens is 402 g/mol. The predicted molar refractivity (Wildman–Crippen MR) is 128 cm³/mol. The van der Waals surface area contributed by atoms with E-state index in [2.05, 4.69) is 38.4 Å². The zero-order valence-corrected chi connectivity index (χ0v) is 19.9. The van der Waals surface area contributed by atoms with Gasteiger partial charge in [0.1, 0.15) is 5.82 Å². The van der Waals surface area contributed by atoms with Crippen LogP contribution in [-0.4, -0.2) is 85.8 Å². The Morgan fingerprint density at radius 2 is 2.06 bits per heavy atom. The molecule has 0 aromatic carbocycles. The van der Waals surface area contributed by atoms with E-state index in [9.17, 15) is 4.79 Å². The minimum absolute atomic E-state index is 0.219. The number of rotatable bonds is 8. The summed E-state index contributed by atoms with van der Waals surface area (Å²) >= 11 is 0. The average molecular weight is 444 g/mol. The number of hydrogen-bond donors (Lipinski definition) is 2. The first-order chi connectivity index (χ1) is 15.6. The summed E-state index contributed by atoms with van der Waals surface area (Å²) in [7, 11) is 0. The highest BCUT2D eigenvalue weighted by molar-refractivity contribution is 5.83. The van der Waals surface area contributed by atoms with Gasteiger partial charge in [0.2, 0.25) is 5.91 Å². The summed E-state index contributed by atoms with van der Waals surface area (Å²) in [6.45, 7) is 12.6. The van der Waals surface area contributed by atoms with Crippen molar-refractivity contribution < 1.29 is 9.53 Å². The molecule has 2 saturated heterocycles. The lowest BCUT2D eigenvalue weighted by Crippen LogP contribution is -2.60. The van der Waals surface area contributed by atoms with Gasteiger partial charge in [-0.05, 0) is 69.7 Å². The lowest BCUT2D eigenvalue weighted by molar-refractivity contribution is -0.144. The van der Waals surface area contributed by atoms with Gasteiger partial charge in [-0.1, -0.05) is 13.0 Å². The Morgan fingerprint density at radius 3 is 2.81 bits per heavy atom. The van der Waals surface area contributed by atoms with Gasteiger partial charge in [0.25, 0.3) is 0 Å². The maximum absolute atomic E-state index is 13.6. The monoisotopic (exact) mass is 443 g/mol. The highest BCUT2D eigenvalue weighted by atomic mass is 16.5. The predicted octanol–water partition coefficient (Wildman–Crippen LogP) is 2.52. The van der Waals surface area contributed by atoms with E-state index in [-0.39, 0.29) is 11.3 Å². The number of aryl methyl sites for hydroxylation is 1. The molecule has 4 rings (SSSR count). The van der Waals surface area contributed by atoms with Crippen molar-refractivity contribution in [3.05, 3.63) is 23.9 Å². The van der Waals surface area contributed by atoms with Crippen molar-refractivity contribution in [2.75, 3.05) is 64.3 Å². The molecule has 3 aliphatic rings. The Morgan fingerprint density at radius 1 is 1.22 bits per heavy atom. The van der Waals surface area contributed by atoms with Gasteiger partial charge in [0, 0.05) is 45.0 Å². The summed E-state index contributed by atoms with van der Waals surface area (Å²) in [5.41, 5.74) is 0.941. The van der Waals surface area contributed by atoms with E-state index >= 15 is 0 Å². The number of ether oxygens (including phenoxy) is 1. The number of morpholine rings is 1. The molecule has 1 aromatic rings. The zero-order valence-electron chi connectivity index (χ0n) is 19.9. The maximum atomic E-state index is 13.6. The first kappa shape index (κ1) is 23.5. The first-order valence-electron chi connectivity index (χ1n) is 12.6. The average Bonchev–Trinajstić information content (AvgIpc) is 2.84. The van der Waals surface area contributed by atoms with Crippen molar-refractivity contribution >= 4 is 11.7 Å². The van der Waals surface area contributed by atoms with E-state index in [1.165, 1.54) is 0 Å². The van der Waals surface area contributed by atoms with Gasteiger partial charge in [-0.2, -0.15) is 0 Å². The van der Waals surface area contributed by atoms with E-state index in [0.717, 1.165) is 96.0 Å². The number of carbonyl (C=O) groups is 1. The van der Waals surface area contributed by atoms with E-state index < -0.39 is 0 Å². The minimum atomic E-state index is -0.219. The summed E-state index contributed by atoms with van der Waals surface area (Å²) in [6.07, 6.45) is 7.21. The first-order valence-corrected chi connectivity index (χ1v) is 12.6. The second kappa shape index (κ2) is 10.9. The lowest BCUT2D eigenvalue weighted by Gasteiger charge is -2.53. The topological polar surface area (TPSA) is 69.7 Å². The summed E-state index contributed by atoms with van der Waals surface area (Å²) in [6, 6.07) is 4.68. The third-order valence-corrected chi connectivity index (χ3v) is 7.88. The Labute approximate surface area is 193 Å². The second-order valence-corrected chi connectivity index (χ2v) is 9.84. The van der Waals surface area contributed by atoms with Crippen LogP contribution in [0.3, 0.4) is 0 Å². The van der Waals surface area contributed by atoms with Crippen molar-refractivity contribution in [2.45, 2.75) is 52.0 Å². The normalized spacial score (nSPS) is 29.3. The number of amides is 1. The van der Waals surface area contributed by atoms with Gasteiger partial charge in [-0.15, -0.1) is 0 Å². The Balaban J connectivity index is 1.30. The fourth-order valence-corrected chi connectivity index (χ4v) is 5.89. The number of hydrogen-bond acceptors (Lipinski definition) is 6. The Kier molecular flexibility index (Phi) is 8.02. The number of aromatic nitrogens is 1. The van der Waals surface area contributed by atoms with Gasteiger partial charge < -0.3 is 20.3 Å². The SMILES string of the molecule is CCN1CC[C@@H]2C[C@@H](N3CCOCC3)CC[C@@]2(C(=O)NCCCNc2ccc(C)cn2)C1. The quantitative estimate of drug-likeness (QED) is 0.602. The number of piperidine rings is 1. The zero-order chi connectivity index (χ0) is 22.4. The lowest BCUT2D eigenvalue weighted by atomic mass is 9.61. The number of fused-ring (bicyclic) bond motifs is 1. The van der Waals surface area contributed by atoms with Crippen LogP contribution in [0.4, 0.5) is 5.82 Å². The molecule has 7 heteroatoms. The van der Waals surface area contributed by atoms with Gasteiger partial charge in [-0.25, -0.2) is 4.98 Å². The van der Waals surface area contributed by atoms with Crippen molar-refractivity contribution in [3.63, 3.8) is 0 Å². The molecule has 3 atom stereocenters. The van der Waals surface area contributed by atoms with Crippen LogP contribution in [-0.2, 0) is 9.53 Å². The van der Waals surface area contributed by atoms with Crippen LogP contribution in [0.2, 0.25) is 0 Å². The molecular formula is C25H41N5O2. The van der Waals surface area contributed by atoms with E-state index in [4.69, 9.17) is 4.74 Å². The fraction of sp³-hybridized carbons (Fsp3) is 0.760. The van der Waals surface area contributed by atoms with Gasteiger partial charge in [-0.3, -0.25) is 9.69 Å². The van der Waals surface area contributed by atoms with Gasteiger partial charge in [0.05, 0.1) is 18.6 Å². The largest absolute Gasteiger partial charge is 0.379 e. The Hall–Kier alpha value is -1.70. The third kappa shape index (κ3) is 5.43. The van der Waals surface area contributed by atoms with Crippen molar-refractivity contribution in [3.8, 4) is 0 Å². The van der Waals surface area contributed by atoms with Crippen LogP contribution >= 0.6 is 0 Å². The smallest absolute Gasteiger partial charge is 0.227 e. The summed E-state index contributed by atoms with van der Waals surface area (Å²) in [4.78, 5) is 23.0. The van der Waals surface area contributed by atoms with E-state index in [0.29, 0.717) is 18.5 Å². The highest BCUT2D eigenvalue weighted by Gasteiger charge is 2.52. The summed E-state index contributed by atoms with van der Waals surface area (Å²) in [5, 5.41) is 6.67. The molecule has 0 unspecified atom stereocenters. The molecule has 2 N–H and O–H groups in total. The maximum Gasteiger partial charge on any atom is 0.227 e. The molecule has 1 amide bonds. The molecule has 1 aromatic heterocycles. The van der Waals surface area contributed by atoms with Crippen LogP contribution in [0, 0.1) is 18.3 Å². The third-order valence-electron chi connectivity index (χ3n) is 7.88. The van der Waals surface area contributed by atoms with E-state index in [1.807, 2.05) is 19.2 Å². The van der Waals surface area contributed by atoms with Crippen LogP contribution in [0.1, 0.15) is 44.6 Å². The van der Waals surface area contributed by atoms with Crippen LogP contribution in [0.5, 0.6) is 0 Å². The molecule has 7 nitrogen and oxygen atoms in total. The molecule has 3 fully saturated rings.